The van der Waals surface area contributed by atoms with E-state index in [0.717, 1.165) is 0 Å². The standard InChI is InChI=1S/C9H10N/c1-2-6-9-8(4-1)5-3-7-10-9/h3,5-6,8H,1-2,4H2. The van der Waals surface area contributed by atoms with Gasteiger partial charge in [0.1, 0.15) is 0 Å². The summed E-state index contributed by atoms with van der Waals surface area (Å²) in [5.41, 5.74) is 1.23. The number of allylic oxidation sites excluding steroid dienone is 3. The summed E-state index contributed by atoms with van der Waals surface area (Å²) in [4.78, 5) is 4.18. The van der Waals surface area contributed by atoms with Gasteiger partial charge in [-0.05, 0) is 25.3 Å². The van der Waals surface area contributed by atoms with Crippen LogP contribution in [0, 0.1) is 5.92 Å². The molecule has 1 atom stereocenters. The Morgan fingerprint density at radius 2 is 2.60 bits per heavy atom. The summed E-state index contributed by atoms with van der Waals surface area (Å²) < 4.78 is 0. The van der Waals surface area contributed by atoms with Gasteiger partial charge in [-0.3, -0.25) is 4.99 Å². The molecule has 1 aliphatic carbocycles. The molecule has 1 unspecified atom stereocenters. The van der Waals surface area contributed by atoms with Crippen molar-refractivity contribution in [3.8, 4) is 0 Å². The summed E-state index contributed by atoms with van der Waals surface area (Å²) in [6.07, 6.45) is 13.0. The predicted molar refractivity (Wildman–Crippen MR) is 42.0 cm³/mol. The van der Waals surface area contributed by atoms with Crippen LogP contribution < -0.4 is 0 Å². The minimum absolute atomic E-state index is 0.606. The van der Waals surface area contributed by atoms with Crippen molar-refractivity contribution in [2.45, 2.75) is 19.3 Å². The highest BCUT2D eigenvalue weighted by Crippen LogP contribution is 2.27. The number of dihydropyridines is 1. The number of hydrogen-bond donors (Lipinski definition) is 0. The molecular formula is C9H10N. The molecular weight excluding hydrogens is 122 g/mol. The average molecular weight is 132 g/mol. The molecule has 0 spiro atoms. The summed E-state index contributed by atoms with van der Waals surface area (Å²) in [6.45, 7) is 0. The molecule has 0 N–H and O–H groups in total. The molecule has 0 aromatic carbocycles. The average Bonchev–Trinajstić information content (AvgIpc) is 2.05. The highest BCUT2D eigenvalue weighted by atomic mass is 14.7. The highest BCUT2D eigenvalue weighted by molar-refractivity contribution is 5.74. The SMILES string of the molecule is [C]1=NC2=CCCCC2C=C1. The topological polar surface area (TPSA) is 12.4 Å². The molecule has 2 rings (SSSR count). The summed E-state index contributed by atoms with van der Waals surface area (Å²) in [6, 6.07) is 0. The monoisotopic (exact) mass is 132 g/mol. The normalized spacial score (nSPS) is 29.6. The van der Waals surface area contributed by atoms with Crippen LogP contribution in [0.5, 0.6) is 0 Å². The molecule has 0 amide bonds. The van der Waals surface area contributed by atoms with Crippen molar-refractivity contribution in [1.82, 2.24) is 0 Å². The van der Waals surface area contributed by atoms with Crippen molar-refractivity contribution in [3.05, 3.63) is 23.9 Å². The van der Waals surface area contributed by atoms with Crippen molar-refractivity contribution in [1.29, 1.82) is 0 Å². The van der Waals surface area contributed by atoms with E-state index in [1.54, 1.807) is 0 Å². The molecule has 1 nitrogen and oxygen atoms in total. The molecule has 0 saturated heterocycles. The third kappa shape index (κ3) is 0.919. The number of nitrogens with zero attached hydrogens (tertiary/aromatic N) is 1. The van der Waals surface area contributed by atoms with Crippen LogP contribution in [0.2, 0.25) is 0 Å². The summed E-state index contributed by atoms with van der Waals surface area (Å²) >= 11 is 0. The van der Waals surface area contributed by atoms with E-state index in [1.807, 2.05) is 6.08 Å². The molecule has 1 heterocycles. The van der Waals surface area contributed by atoms with Gasteiger partial charge in [0.15, 0.2) is 0 Å². The maximum Gasteiger partial charge on any atom is 0.0886 e. The van der Waals surface area contributed by atoms with E-state index >= 15 is 0 Å². The van der Waals surface area contributed by atoms with E-state index in [-0.39, 0.29) is 0 Å². The second kappa shape index (κ2) is 2.41. The summed E-state index contributed by atoms with van der Waals surface area (Å²) in [5, 5.41) is 0. The molecule has 2 aliphatic rings. The second-order valence-electron chi connectivity index (χ2n) is 2.77. The van der Waals surface area contributed by atoms with Gasteiger partial charge >= 0.3 is 0 Å². The lowest BCUT2D eigenvalue weighted by molar-refractivity contribution is 0.591. The fourth-order valence-corrected chi connectivity index (χ4v) is 1.48. The number of aliphatic imine (C=N–C) groups is 1. The number of rotatable bonds is 0. The summed E-state index contributed by atoms with van der Waals surface area (Å²) in [7, 11) is 0. The lowest BCUT2D eigenvalue weighted by Crippen LogP contribution is -2.06. The molecule has 0 aromatic rings. The molecule has 0 saturated carbocycles. The highest BCUT2D eigenvalue weighted by Gasteiger charge is 2.15. The van der Waals surface area contributed by atoms with E-state index in [9.17, 15) is 0 Å². The Bertz CT molecular complexity index is 211. The maximum atomic E-state index is 4.18. The quantitative estimate of drug-likeness (QED) is 0.479. The number of hydrogen-bond acceptors (Lipinski definition) is 1. The van der Waals surface area contributed by atoms with Gasteiger partial charge in [0.2, 0.25) is 0 Å². The van der Waals surface area contributed by atoms with Crippen molar-refractivity contribution < 1.29 is 0 Å². The van der Waals surface area contributed by atoms with Crippen molar-refractivity contribution in [3.63, 3.8) is 0 Å². The molecule has 1 aliphatic heterocycles. The molecule has 1 radical (unpaired) electrons. The van der Waals surface area contributed by atoms with Gasteiger partial charge in [-0.15, -0.1) is 0 Å². The van der Waals surface area contributed by atoms with Gasteiger partial charge < -0.3 is 0 Å². The third-order valence-corrected chi connectivity index (χ3v) is 2.05. The Labute approximate surface area is 61.2 Å². The van der Waals surface area contributed by atoms with Crippen LogP contribution in [-0.4, -0.2) is 6.21 Å². The molecule has 1 heteroatoms. The van der Waals surface area contributed by atoms with Gasteiger partial charge in [-0.1, -0.05) is 12.2 Å². The Hall–Kier alpha value is -0.850. The third-order valence-electron chi connectivity index (χ3n) is 2.05. The lowest BCUT2D eigenvalue weighted by atomic mass is 9.91. The summed E-state index contributed by atoms with van der Waals surface area (Å²) in [5.74, 6) is 0.606. The predicted octanol–water partition coefficient (Wildman–Crippen LogP) is 2.19. The minimum atomic E-state index is 0.606. The fraction of sp³-hybridized carbons (Fsp3) is 0.444. The van der Waals surface area contributed by atoms with Crippen molar-refractivity contribution in [2.24, 2.45) is 10.9 Å². The molecule has 0 fully saturated rings. The first-order valence-corrected chi connectivity index (χ1v) is 3.80. The largest absolute Gasteiger partial charge is 0.251 e. The van der Waals surface area contributed by atoms with Gasteiger partial charge in [-0.25, -0.2) is 0 Å². The Morgan fingerprint density at radius 3 is 3.50 bits per heavy atom. The van der Waals surface area contributed by atoms with E-state index in [4.69, 9.17) is 0 Å². The molecule has 0 aromatic heterocycles. The van der Waals surface area contributed by atoms with Crippen LogP contribution in [0.4, 0.5) is 0 Å². The zero-order valence-electron chi connectivity index (χ0n) is 5.88. The van der Waals surface area contributed by atoms with Gasteiger partial charge in [-0.2, -0.15) is 0 Å². The van der Waals surface area contributed by atoms with E-state index in [1.165, 1.54) is 25.0 Å². The van der Waals surface area contributed by atoms with Crippen molar-refractivity contribution >= 4 is 6.21 Å². The molecule has 0 bridgehead atoms. The second-order valence-corrected chi connectivity index (χ2v) is 2.77. The van der Waals surface area contributed by atoms with Crippen LogP contribution in [0.15, 0.2) is 28.9 Å². The zero-order valence-corrected chi connectivity index (χ0v) is 5.88. The van der Waals surface area contributed by atoms with Crippen LogP contribution in [-0.2, 0) is 0 Å². The van der Waals surface area contributed by atoms with E-state index in [0.29, 0.717) is 5.92 Å². The smallest absolute Gasteiger partial charge is 0.0886 e. The van der Waals surface area contributed by atoms with Crippen LogP contribution in [0.25, 0.3) is 0 Å². The minimum Gasteiger partial charge on any atom is -0.251 e. The lowest BCUT2D eigenvalue weighted by Gasteiger charge is -2.19. The zero-order chi connectivity index (χ0) is 6.81. The first-order valence-electron chi connectivity index (χ1n) is 3.80. The van der Waals surface area contributed by atoms with Crippen molar-refractivity contribution in [2.75, 3.05) is 0 Å². The molecule has 51 valence electrons. The number of fused-ring (bicyclic) bond motifs is 1. The van der Waals surface area contributed by atoms with Gasteiger partial charge in [0, 0.05) is 11.6 Å². The first-order chi connectivity index (χ1) is 4.97. The van der Waals surface area contributed by atoms with E-state index in [2.05, 4.69) is 23.4 Å². The van der Waals surface area contributed by atoms with E-state index < -0.39 is 0 Å². The Morgan fingerprint density at radius 1 is 1.60 bits per heavy atom. The van der Waals surface area contributed by atoms with Crippen LogP contribution in [0.1, 0.15) is 19.3 Å². The fourth-order valence-electron chi connectivity index (χ4n) is 1.48. The maximum absolute atomic E-state index is 4.18. The van der Waals surface area contributed by atoms with Gasteiger partial charge in [0.05, 0.1) is 6.21 Å². The van der Waals surface area contributed by atoms with Gasteiger partial charge in [0.25, 0.3) is 0 Å². The Balaban J connectivity index is 2.27. The Kier molecular flexibility index (Phi) is 1.42. The van der Waals surface area contributed by atoms with Crippen LogP contribution in [0.3, 0.4) is 0 Å². The molecule has 10 heavy (non-hydrogen) atoms. The first kappa shape index (κ1) is 5.90. The van der Waals surface area contributed by atoms with Crippen LogP contribution >= 0.6 is 0 Å².